The Labute approximate surface area is 241 Å². The van der Waals surface area contributed by atoms with Gasteiger partial charge in [-0.05, 0) is 76.4 Å². The van der Waals surface area contributed by atoms with Crippen LogP contribution >= 0.6 is 0 Å². The van der Waals surface area contributed by atoms with Crippen molar-refractivity contribution in [2.45, 2.75) is 109 Å². The molecule has 0 heterocycles. The van der Waals surface area contributed by atoms with Gasteiger partial charge in [0.25, 0.3) is 0 Å². The lowest BCUT2D eigenvalue weighted by atomic mass is 9.44. The maximum Gasteiger partial charge on any atom is 0.309 e. The van der Waals surface area contributed by atoms with E-state index in [2.05, 4.69) is 0 Å². The van der Waals surface area contributed by atoms with E-state index in [1.165, 1.54) is 12.2 Å². The number of aliphatic hydroxyl groups excluding tert-OH is 1. The molecule has 0 aliphatic heterocycles. The van der Waals surface area contributed by atoms with Gasteiger partial charge in [-0.25, -0.2) is 4.39 Å². The smallest absolute Gasteiger partial charge is 0.309 e. The van der Waals surface area contributed by atoms with Gasteiger partial charge < -0.3 is 14.6 Å². The molecule has 5 saturated carbocycles. The highest BCUT2D eigenvalue weighted by Crippen LogP contribution is 2.71. The Hall–Kier alpha value is -2.35. The van der Waals surface area contributed by atoms with Crippen LogP contribution in [0, 0.1) is 40.4 Å². The number of carbonyl (C=O) groups is 4. The number of allylic oxidation sites excluding steroid dienone is 4. The summed E-state index contributed by atoms with van der Waals surface area (Å²) < 4.78 is 29.5. The highest BCUT2D eigenvalue weighted by Gasteiger charge is 2.77. The molecule has 1 N–H and O–H groups in total. The number of aliphatic hydroxyl groups is 1. The van der Waals surface area contributed by atoms with E-state index in [-0.39, 0.29) is 30.0 Å². The molecule has 0 amide bonds. The fraction of sp³-hybridized carbons (Fsp3) is 0.758. The molecule has 0 saturated heterocycles. The fourth-order valence-electron chi connectivity index (χ4n) is 9.66. The third-order valence-electron chi connectivity index (χ3n) is 12.1. The predicted molar refractivity (Wildman–Crippen MR) is 147 cm³/mol. The molecule has 0 aromatic heterocycles. The van der Waals surface area contributed by atoms with Gasteiger partial charge in [-0.2, -0.15) is 0 Å². The average molecular weight is 571 g/mol. The number of ether oxygens (including phenoxy) is 2. The van der Waals surface area contributed by atoms with Crippen molar-refractivity contribution < 1.29 is 38.1 Å². The van der Waals surface area contributed by atoms with E-state index in [0.29, 0.717) is 37.7 Å². The standard InChI is InChI=1S/C33H43FO7/c1-19-15-25-24-12-11-22-16-23(35)13-14-30(22,2)32(24,34)26(36)17-31(25,3)33(19,41-29(39)21-9-10-21)27(37)18-40-28(38)20-7-5-4-6-8-20/h13-14,16,19-21,24-26,36H,4-12,15,17-18H2,1-3H3/t19-,24+,25?,26+,30+,31+,32+,33+/m1/s1. The highest BCUT2D eigenvalue weighted by molar-refractivity contribution is 6.01. The predicted octanol–water partition coefficient (Wildman–Crippen LogP) is 4.99. The Balaban J connectivity index is 1.35. The normalized spacial score (nSPS) is 43.8. The first-order valence-electron chi connectivity index (χ1n) is 15.6. The van der Waals surface area contributed by atoms with Crippen LogP contribution in [0.15, 0.2) is 23.8 Å². The first-order chi connectivity index (χ1) is 19.4. The van der Waals surface area contributed by atoms with Crippen LogP contribution in [-0.2, 0) is 28.7 Å². The topological polar surface area (TPSA) is 107 Å². The van der Waals surface area contributed by atoms with Crippen LogP contribution in [-0.4, -0.2) is 52.6 Å². The summed E-state index contributed by atoms with van der Waals surface area (Å²) in [4.78, 5) is 52.6. The molecule has 6 rings (SSSR count). The van der Waals surface area contributed by atoms with E-state index < -0.39 is 64.4 Å². The van der Waals surface area contributed by atoms with E-state index in [1.807, 2.05) is 13.8 Å². The Morgan fingerprint density at radius 2 is 1.68 bits per heavy atom. The summed E-state index contributed by atoms with van der Waals surface area (Å²) in [6.07, 6.45) is 10.2. The van der Waals surface area contributed by atoms with Gasteiger partial charge >= 0.3 is 11.9 Å². The zero-order valence-corrected chi connectivity index (χ0v) is 24.5. The maximum atomic E-state index is 17.6. The van der Waals surface area contributed by atoms with Gasteiger partial charge in [0.1, 0.15) is 0 Å². The largest absolute Gasteiger partial charge is 0.457 e. The summed E-state index contributed by atoms with van der Waals surface area (Å²) in [6.45, 7) is 4.98. The van der Waals surface area contributed by atoms with Crippen molar-refractivity contribution in [1.82, 2.24) is 0 Å². The van der Waals surface area contributed by atoms with E-state index in [9.17, 15) is 24.3 Å². The van der Waals surface area contributed by atoms with Crippen molar-refractivity contribution >= 4 is 23.5 Å². The van der Waals surface area contributed by atoms with Crippen LogP contribution in [0.5, 0.6) is 0 Å². The molecule has 0 aromatic rings. The molecule has 6 aliphatic rings. The second-order valence-corrected chi connectivity index (χ2v) is 14.2. The first kappa shape index (κ1) is 28.8. The Morgan fingerprint density at radius 1 is 1.00 bits per heavy atom. The summed E-state index contributed by atoms with van der Waals surface area (Å²) in [5, 5.41) is 11.7. The summed E-state index contributed by atoms with van der Waals surface area (Å²) in [5.74, 6) is -3.40. The van der Waals surface area contributed by atoms with Crippen molar-refractivity contribution in [2.24, 2.45) is 40.4 Å². The number of carbonyl (C=O) groups excluding carboxylic acids is 4. The van der Waals surface area contributed by atoms with Crippen LogP contribution in [0.1, 0.15) is 91.4 Å². The molecular weight excluding hydrogens is 527 g/mol. The summed E-state index contributed by atoms with van der Waals surface area (Å²) in [7, 11) is 0. The van der Waals surface area contributed by atoms with Gasteiger partial charge in [0.15, 0.2) is 23.7 Å². The van der Waals surface area contributed by atoms with Crippen LogP contribution in [0.25, 0.3) is 0 Å². The molecule has 8 heteroatoms. The van der Waals surface area contributed by atoms with E-state index in [1.54, 1.807) is 13.0 Å². The van der Waals surface area contributed by atoms with E-state index in [0.717, 1.165) is 32.1 Å². The number of halogens is 1. The minimum Gasteiger partial charge on any atom is -0.457 e. The monoisotopic (exact) mass is 570 g/mol. The summed E-state index contributed by atoms with van der Waals surface area (Å²) in [5.41, 5.74) is -5.21. The van der Waals surface area contributed by atoms with E-state index in [4.69, 9.17) is 9.47 Å². The lowest BCUT2D eigenvalue weighted by molar-refractivity contribution is -0.229. The Morgan fingerprint density at radius 3 is 2.37 bits per heavy atom. The third-order valence-corrected chi connectivity index (χ3v) is 12.1. The van der Waals surface area contributed by atoms with Crippen LogP contribution in [0.4, 0.5) is 4.39 Å². The van der Waals surface area contributed by atoms with Crippen LogP contribution in [0.3, 0.4) is 0 Å². The van der Waals surface area contributed by atoms with Gasteiger partial charge in [0.05, 0.1) is 17.9 Å². The molecule has 224 valence electrons. The van der Waals surface area contributed by atoms with E-state index >= 15 is 4.39 Å². The molecule has 6 aliphatic carbocycles. The van der Waals surface area contributed by atoms with Crippen molar-refractivity contribution in [1.29, 1.82) is 0 Å². The molecule has 41 heavy (non-hydrogen) atoms. The number of Topliss-reactive ketones (excluding diaryl/α,β-unsaturated/α-hetero) is 1. The number of alkyl halides is 1. The van der Waals surface area contributed by atoms with Crippen molar-refractivity contribution in [2.75, 3.05) is 6.61 Å². The molecule has 7 nitrogen and oxygen atoms in total. The first-order valence-corrected chi connectivity index (χ1v) is 15.6. The van der Waals surface area contributed by atoms with Crippen molar-refractivity contribution in [3.63, 3.8) is 0 Å². The fourth-order valence-corrected chi connectivity index (χ4v) is 9.66. The number of esters is 2. The number of ketones is 2. The average Bonchev–Trinajstić information content (AvgIpc) is 3.77. The van der Waals surface area contributed by atoms with Gasteiger partial charge in [-0.3, -0.25) is 19.2 Å². The minimum absolute atomic E-state index is 0.0834. The van der Waals surface area contributed by atoms with Gasteiger partial charge in [0.2, 0.25) is 5.78 Å². The maximum absolute atomic E-state index is 17.6. The molecule has 0 radical (unpaired) electrons. The molecular formula is C33H43FO7. The minimum atomic E-state index is -2.05. The van der Waals surface area contributed by atoms with Gasteiger partial charge in [0, 0.05) is 22.7 Å². The zero-order chi connectivity index (χ0) is 29.4. The molecule has 0 spiro atoms. The SMILES string of the molecule is C[C@@H]1CC2[C@@H]3CCC4=CC(=O)C=C[C@]4(C)[C@@]3(F)[C@@H](O)C[C@]2(C)[C@@]1(OC(=O)C1CC1)C(=O)COC(=O)C1CCCCC1. The number of hydrogen-bond donors (Lipinski definition) is 1. The molecule has 1 unspecified atom stereocenters. The third kappa shape index (κ3) is 4.05. The quantitative estimate of drug-likeness (QED) is 0.449. The Kier molecular flexibility index (Phi) is 6.91. The second kappa shape index (κ2) is 9.85. The second-order valence-electron chi connectivity index (χ2n) is 14.2. The summed E-state index contributed by atoms with van der Waals surface area (Å²) in [6, 6.07) is 0. The molecule has 8 atom stereocenters. The van der Waals surface area contributed by atoms with Crippen molar-refractivity contribution in [3.8, 4) is 0 Å². The molecule has 0 aromatic carbocycles. The Bertz CT molecular complexity index is 1210. The van der Waals surface area contributed by atoms with Crippen LogP contribution < -0.4 is 0 Å². The lowest BCUT2D eigenvalue weighted by Gasteiger charge is -2.62. The summed E-state index contributed by atoms with van der Waals surface area (Å²) >= 11 is 0. The molecule has 5 fully saturated rings. The van der Waals surface area contributed by atoms with Gasteiger partial charge in [-0.1, -0.05) is 44.8 Å². The number of fused-ring (bicyclic) bond motifs is 5. The van der Waals surface area contributed by atoms with Crippen LogP contribution in [0.2, 0.25) is 0 Å². The number of rotatable bonds is 6. The lowest BCUT2D eigenvalue weighted by Crippen LogP contribution is -2.70. The molecule has 0 bridgehead atoms. The zero-order valence-electron chi connectivity index (χ0n) is 24.5. The highest BCUT2D eigenvalue weighted by atomic mass is 19.1. The van der Waals surface area contributed by atoms with Gasteiger partial charge in [-0.15, -0.1) is 0 Å². The number of hydrogen-bond acceptors (Lipinski definition) is 7. The van der Waals surface area contributed by atoms with Crippen molar-refractivity contribution in [3.05, 3.63) is 23.8 Å².